The Hall–Kier alpha value is -1.31. The van der Waals surface area contributed by atoms with Crippen molar-refractivity contribution < 1.29 is 4.42 Å². The van der Waals surface area contributed by atoms with Crippen molar-refractivity contribution in [3.63, 3.8) is 0 Å². The van der Waals surface area contributed by atoms with Crippen molar-refractivity contribution in [2.75, 3.05) is 0 Å². The average molecular weight is 205 g/mol. The normalized spacial score (nSPS) is 10.3. The first-order valence-corrected chi connectivity index (χ1v) is 5.54. The molecule has 0 spiro atoms. The first kappa shape index (κ1) is 11.8. The fraction of sp³-hybridized carbons (Fsp3) is 0.462. The van der Waals surface area contributed by atoms with Crippen LogP contribution in [0.15, 0.2) is 22.6 Å². The minimum absolute atomic E-state index is 0.543. The maximum absolute atomic E-state index is 5.39. The second-order valence-electron chi connectivity index (χ2n) is 3.61. The Labute approximate surface area is 91.3 Å². The fourth-order valence-electron chi connectivity index (χ4n) is 1.42. The van der Waals surface area contributed by atoms with Gasteiger partial charge in [0.05, 0.1) is 0 Å². The third kappa shape index (κ3) is 2.58. The maximum atomic E-state index is 5.39. The van der Waals surface area contributed by atoms with E-state index in [0.29, 0.717) is 5.92 Å². The molecule has 0 N–H and O–H groups in total. The molecule has 2 rings (SSSR count). The summed E-state index contributed by atoms with van der Waals surface area (Å²) in [6.45, 7) is 10.2. The van der Waals surface area contributed by atoms with Crippen molar-refractivity contribution >= 4 is 11.1 Å². The van der Waals surface area contributed by atoms with Gasteiger partial charge >= 0.3 is 0 Å². The number of nitrogens with zero attached hydrogens (tertiary/aromatic N) is 1. The van der Waals surface area contributed by atoms with Gasteiger partial charge in [0.15, 0.2) is 11.5 Å². The summed E-state index contributed by atoms with van der Waals surface area (Å²) in [6.07, 6.45) is 0. The Morgan fingerprint density at radius 1 is 1.20 bits per heavy atom. The Balaban J connectivity index is 0.000000531. The van der Waals surface area contributed by atoms with E-state index in [1.54, 1.807) is 0 Å². The standard InChI is InChI=1S/C11H13NO.C2H6/c1-7(2)9-4-5-11-10(6-9)12-8(3)13-11;1-2/h4-7H,1-3H3;1-2H3. The molecule has 1 aromatic heterocycles. The lowest BCUT2D eigenvalue weighted by atomic mass is 10.0. The van der Waals surface area contributed by atoms with Gasteiger partial charge in [0, 0.05) is 6.92 Å². The molecule has 0 fully saturated rings. The van der Waals surface area contributed by atoms with Crippen molar-refractivity contribution in [2.24, 2.45) is 0 Å². The quantitative estimate of drug-likeness (QED) is 0.694. The van der Waals surface area contributed by atoms with Crippen molar-refractivity contribution in [1.29, 1.82) is 0 Å². The minimum atomic E-state index is 0.543. The van der Waals surface area contributed by atoms with E-state index in [1.165, 1.54) is 5.56 Å². The van der Waals surface area contributed by atoms with Gasteiger partial charge in [0.25, 0.3) is 0 Å². The molecule has 0 aliphatic carbocycles. The van der Waals surface area contributed by atoms with Gasteiger partial charge < -0.3 is 4.42 Å². The highest BCUT2D eigenvalue weighted by Crippen LogP contribution is 2.21. The molecule has 0 amide bonds. The van der Waals surface area contributed by atoms with Crippen molar-refractivity contribution in [2.45, 2.75) is 40.5 Å². The Bertz CT molecular complexity index is 429. The largest absolute Gasteiger partial charge is 0.441 e. The summed E-state index contributed by atoms with van der Waals surface area (Å²) in [4.78, 5) is 4.29. The van der Waals surface area contributed by atoms with Crippen LogP contribution in [0.3, 0.4) is 0 Å². The van der Waals surface area contributed by atoms with E-state index in [4.69, 9.17) is 4.42 Å². The lowest BCUT2D eigenvalue weighted by Gasteiger charge is -2.02. The van der Waals surface area contributed by atoms with Gasteiger partial charge in [-0.15, -0.1) is 0 Å². The lowest BCUT2D eigenvalue weighted by molar-refractivity contribution is 0.561. The van der Waals surface area contributed by atoms with E-state index in [9.17, 15) is 0 Å². The predicted octanol–water partition coefficient (Wildman–Crippen LogP) is 4.29. The van der Waals surface area contributed by atoms with Crippen LogP contribution in [0.2, 0.25) is 0 Å². The van der Waals surface area contributed by atoms with E-state index >= 15 is 0 Å². The summed E-state index contributed by atoms with van der Waals surface area (Å²) in [5, 5.41) is 0. The molecule has 0 bridgehead atoms. The fourth-order valence-corrected chi connectivity index (χ4v) is 1.42. The lowest BCUT2D eigenvalue weighted by Crippen LogP contribution is -1.85. The number of aryl methyl sites for hydroxylation is 1. The summed E-state index contributed by atoms with van der Waals surface area (Å²) in [5.74, 6) is 1.28. The summed E-state index contributed by atoms with van der Waals surface area (Å²) in [7, 11) is 0. The Morgan fingerprint density at radius 3 is 2.47 bits per heavy atom. The average Bonchev–Trinajstić information content (AvgIpc) is 2.59. The van der Waals surface area contributed by atoms with Gasteiger partial charge in [-0.2, -0.15) is 0 Å². The van der Waals surface area contributed by atoms with E-state index < -0.39 is 0 Å². The number of rotatable bonds is 1. The molecule has 0 unspecified atom stereocenters. The second kappa shape index (κ2) is 4.96. The third-order valence-electron chi connectivity index (χ3n) is 2.19. The molecule has 0 saturated heterocycles. The smallest absolute Gasteiger partial charge is 0.192 e. The maximum Gasteiger partial charge on any atom is 0.192 e. The Kier molecular flexibility index (Phi) is 3.89. The molecule has 0 aliphatic heterocycles. The van der Waals surface area contributed by atoms with Gasteiger partial charge in [0.2, 0.25) is 0 Å². The van der Waals surface area contributed by atoms with Gasteiger partial charge in [-0.05, 0) is 23.6 Å². The number of benzene rings is 1. The topological polar surface area (TPSA) is 26.0 Å². The highest BCUT2D eigenvalue weighted by Gasteiger charge is 2.04. The summed E-state index contributed by atoms with van der Waals surface area (Å²) >= 11 is 0. The van der Waals surface area contributed by atoms with Gasteiger partial charge in [-0.3, -0.25) is 0 Å². The molecular formula is C13H19NO. The highest BCUT2D eigenvalue weighted by molar-refractivity contribution is 5.73. The van der Waals surface area contributed by atoms with Crippen LogP contribution in [0.1, 0.15) is 45.1 Å². The molecule has 2 heteroatoms. The molecule has 0 radical (unpaired) electrons. The first-order valence-electron chi connectivity index (χ1n) is 5.54. The van der Waals surface area contributed by atoms with E-state index in [-0.39, 0.29) is 0 Å². The number of fused-ring (bicyclic) bond motifs is 1. The van der Waals surface area contributed by atoms with Crippen LogP contribution in [0, 0.1) is 6.92 Å². The predicted molar refractivity (Wildman–Crippen MR) is 64.2 cm³/mol. The van der Waals surface area contributed by atoms with Gasteiger partial charge in [-0.25, -0.2) is 4.98 Å². The van der Waals surface area contributed by atoms with Crippen LogP contribution in [-0.2, 0) is 0 Å². The van der Waals surface area contributed by atoms with Crippen molar-refractivity contribution in [3.8, 4) is 0 Å². The molecule has 0 atom stereocenters. The highest BCUT2D eigenvalue weighted by atomic mass is 16.3. The van der Waals surface area contributed by atoms with Gasteiger partial charge in [-0.1, -0.05) is 33.8 Å². The van der Waals surface area contributed by atoms with Crippen molar-refractivity contribution in [3.05, 3.63) is 29.7 Å². The van der Waals surface area contributed by atoms with E-state index in [1.807, 2.05) is 26.8 Å². The molecule has 15 heavy (non-hydrogen) atoms. The van der Waals surface area contributed by atoms with Crippen LogP contribution < -0.4 is 0 Å². The molecule has 2 aromatic rings. The van der Waals surface area contributed by atoms with E-state index in [0.717, 1.165) is 17.0 Å². The van der Waals surface area contributed by atoms with Crippen molar-refractivity contribution in [1.82, 2.24) is 4.98 Å². The minimum Gasteiger partial charge on any atom is -0.441 e. The molecule has 1 aromatic carbocycles. The van der Waals surface area contributed by atoms with Crippen LogP contribution in [0.25, 0.3) is 11.1 Å². The van der Waals surface area contributed by atoms with Crippen LogP contribution >= 0.6 is 0 Å². The number of aromatic nitrogens is 1. The summed E-state index contributed by atoms with van der Waals surface area (Å²) in [5.41, 5.74) is 3.14. The first-order chi connectivity index (χ1) is 7.16. The zero-order chi connectivity index (χ0) is 11.4. The Morgan fingerprint density at radius 2 is 1.87 bits per heavy atom. The third-order valence-corrected chi connectivity index (χ3v) is 2.19. The summed E-state index contributed by atoms with van der Waals surface area (Å²) in [6, 6.07) is 6.18. The zero-order valence-electron chi connectivity index (χ0n) is 10.2. The zero-order valence-corrected chi connectivity index (χ0v) is 10.2. The van der Waals surface area contributed by atoms with Crippen LogP contribution in [0.4, 0.5) is 0 Å². The SMILES string of the molecule is CC.Cc1nc2cc(C(C)C)ccc2o1. The molecular weight excluding hydrogens is 186 g/mol. The molecule has 2 nitrogen and oxygen atoms in total. The molecule has 0 saturated carbocycles. The molecule has 0 aliphatic rings. The monoisotopic (exact) mass is 205 g/mol. The number of hydrogen-bond donors (Lipinski definition) is 0. The number of hydrogen-bond acceptors (Lipinski definition) is 2. The second-order valence-corrected chi connectivity index (χ2v) is 3.61. The van der Waals surface area contributed by atoms with E-state index in [2.05, 4.69) is 31.0 Å². The molecule has 1 heterocycles. The van der Waals surface area contributed by atoms with Gasteiger partial charge in [0.1, 0.15) is 5.52 Å². The molecule has 82 valence electrons. The van der Waals surface area contributed by atoms with Crippen LogP contribution in [-0.4, -0.2) is 4.98 Å². The number of oxazole rings is 1. The van der Waals surface area contributed by atoms with Crippen LogP contribution in [0.5, 0.6) is 0 Å². The summed E-state index contributed by atoms with van der Waals surface area (Å²) < 4.78 is 5.39.